The van der Waals surface area contributed by atoms with Crippen LogP contribution in [0.2, 0.25) is 0 Å². The zero-order chi connectivity index (χ0) is 13.1. The van der Waals surface area contributed by atoms with E-state index in [1.165, 1.54) is 12.3 Å². The molecule has 0 spiro atoms. The number of hydrogen-bond acceptors (Lipinski definition) is 5. The molecule has 2 rings (SSSR count). The van der Waals surface area contributed by atoms with Gasteiger partial charge in [-0.3, -0.25) is 0 Å². The van der Waals surface area contributed by atoms with Gasteiger partial charge in [0.2, 0.25) is 0 Å². The molecule has 1 aliphatic heterocycles. The van der Waals surface area contributed by atoms with Gasteiger partial charge in [0.25, 0.3) is 0 Å². The summed E-state index contributed by atoms with van der Waals surface area (Å²) < 4.78 is 0. The Labute approximate surface area is 106 Å². The molecule has 0 saturated carbocycles. The number of carboxylic acid groups (broad SMARTS) is 1. The molecule has 0 aromatic carbocycles. The number of rotatable bonds is 4. The Bertz CT molecular complexity index is 450. The molecule has 0 amide bonds. The molecular formula is C12H18N4O2. The van der Waals surface area contributed by atoms with Crippen molar-refractivity contribution in [2.24, 2.45) is 5.92 Å². The number of nitrogens with two attached hydrogens (primary N) is 1. The number of carboxylic acids is 1. The Morgan fingerprint density at radius 3 is 3.11 bits per heavy atom. The van der Waals surface area contributed by atoms with Gasteiger partial charge in [0.15, 0.2) is 0 Å². The summed E-state index contributed by atoms with van der Waals surface area (Å²) in [5.41, 5.74) is 6.08. The minimum atomic E-state index is -1.03. The van der Waals surface area contributed by atoms with E-state index < -0.39 is 5.97 Å². The van der Waals surface area contributed by atoms with Crippen LogP contribution in [0.4, 0.5) is 11.5 Å². The Morgan fingerprint density at radius 1 is 1.72 bits per heavy atom. The summed E-state index contributed by atoms with van der Waals surface area (Å²) in [5.74, 6) is -0.00677. The molecule has 4 N–H and O–H groups in total. The maximum atomic E-state index is 10.9. The van der Waals surface area contributed by atoms with Crippen LogP contribution in [0.1, 0.15) is 16.8 Å². The van der Waals surface area contributed by atoms with Crippen molar-refractivity contribution in [2.75, 3.05) is 37.7 Å². The normalized spacial score (nSPS) is 19.9. The van der Waals surface area contributed by atoms with Crippen LogP contribution in [-0.4, -0.2) is 47.6 Å². The number of anilines is 2. The average molecular weight is 250 g/mol. The fraction of sp³-hybridized carbons (Fsp3) is 0.500. The molecule has 6 heteroatoms. The van der Waals surface area contributed by atoms with Gasteiger partial charge >= 0.3 is 5.97 Å². The highest BCUT2D eigenvalue weighted by Gasteiger charge is 2.20. The lowest BCUT2D eigenvalue weighted by atomic mass is 10.1. The molecular weight excluding hydrogens is 232 g/mol. The molecule has 1 atom stereocenters. The summed E-state index contributed by atoms with van der Waals surface area (Å²) in [6, 6.07) is 1.41. The van der Waals surface area contributed by atoms with E-state index in [1.807, 2.05) is 0 Å². The molecule has 2 heterocycles. The topological polar surface area (TPSA) is 91.5 Å². The lowest BCUT2D eigenvalue weighted by Crippen LogP contribution is -2.20. The predicted molar refractivity (Wildman–Crippen MR) is 69.7 cm³/mol. The number of nitrogens with zero attached hydrogens (tertiary/aromatic N) is 2. The summed E-state index contributed by atoms with van der Waals surface area (Å²) in [5, 5.41) is 12.1. The van der Waals surface area contributed by atoms with E-state index in [1.54, 1.807) is 0 Å². The van der Waals surface area contributed by atoms with Crippen LogP contribution in [0.5, 0.6) is 0 Å². The number of aromatic nitrogens is 1. The zero-order valence-corrected chi connectivity index (χ0v) is 10.4. The number of nitrogens with one attached hydrogen (secondary N) is 1. The van der Waals surface area contributed by atoms with E-state index >= 15 is 0 Å². The van der Waals surface area contributed by atoms with Crippen molar-refractivity contribution >= 4 is 17.5 Å². The zero-order valence-electron chi connectivity index (χ0n) is 10.4. The van der Waals surface area contributed by atoms with Crippen LogP contribution in [0.15, 0.2) is 12.3 Å². The SMILES string of the molecule is CN1CCC(CNc2nccc(C(=O)O)c2N)C1. The van der Waals surface area contributed by atoms with Gasteiger partial charge in [0.1, 0.15) is 5.82 Å². The minimum Gasteiger partial charge on any atom is -0.478 e. The first-order chi connectivity index (χ1) is 8.58. The van der Waals surface area contributed by atoms with E-state index in [0.29, 0.717) is 11.7 Å². The summed E-state index contributed by atoms with van der Waals surface area (Å²) in [6.45, 7) is 2.92. The Morgan fingerprint density at radius 2 is 2.50 bits per heavy atom. The number of pyridine rings is 1. The molecule has 98 valence electrons. The quantitative estimate of drug-likeness (QED) is 0.729. The third-order valence-corrected chi connectivity index (χ3v) is 3.27. The van der Waals surface area contributed by atoms with Crippen LogP contribution in [-0.2, 0) is 0 Å². The van der Waals surface area contributed by atoms with Gasteiger partial charge in [-0.1, -0.05) is 0 Å². The van der Waals surface area contributed by atoms with Crippen LogP contribution in [0.25, 0.3) is 0 Å². The first kappa shape index (κ1) is 12.6. The fourth-order valence-corrected chi connectivity index (χ4v) is 2.23. The molecule has 1 unspecified atom stereocenters. The first-order valence-electron chi connectivity index (χ1n) is 5.98. The number of nitrogen functional groups attached to an aromatic ring is 1. The third-order valence-electron chi connectivity index (χ3n) is 3.27. The second-order valence-corrected chi connectivity index (χ2v) is 4.72. The molecule has 1 saturated heterocycles. The summed E-state index contributed by atoms with van der Waals surface area (Å²) in [4.78, 5) is 17.3. The van der Waals surface area contributed by atoms with Crippen LogP contribution < -0.4 is 11.1 Å². The van der Waals surface area contributed by atoms with Gasteiger partial charge in [0, 0.05) is 19.3 Å². The molecule has 0 radical (unpaired) electrons. The standard InChI is InChI=1S/C12H18N4O2/c1-16-5-3-8(7-16)6-15-11-10(13)9(12(17)18)2-4-14-11/h2,4,8H,3,5-7,13H2,1H3,(H,14,15)(H,17,18). The van der Waals surface area contributed by atoms with Crippen LogP contribution >= 0.6 is 0 Å². The van der Waals surface area contributed by atoms with E-state index in [9.17, 15) is 4.79 Å². The van der Waals surface area contributed by atoms with Crippen LogP contribution in [0, 0.1) is 5.92 Å². The highest BCUT2D eigenvalue weighted by molar-refractivity contribution is 5.96. The summed E-state index contributed by atoms with van der Waals surface area (Å²) >= 11 is 0. The van der Waals surface area contributed by atoms with Gasteiger partial charge in [-0.15, -0.1) is 0 Å². The molecule has 1 aromatic rings. The second kappa shape index (κ2) is 5.22. The molecule has 18 heavy (non-hydrogen) atoms. The number of hydrogen-bond donors (Lipinski definition) is 3. The van der Waals surface area contributed by atoms with Crippen molar-refractivity contribution in [1.82, 2.24) is 9.88 Å². The predicted octanol–water partition coefficient (Wildman–Crippen LogP) is 0.726. The lowest BCUT2D eigenvalue weighted by molar-refractivity contribution is 0.0698. The van der Waals surface area contributed by atoms with Crippen LogP contribution in [0.3, 0.4) is 0 Å². The van der Waals surface area contributed by atoms with E-state index in [-0.39, 0.29) is 11.3 Å². The third kappa shape index (κ3) is 2.70. The van der Waals surface area contributed by atoms with E-state index in [2.05, 4.69) is 22.2 Å². The molecule has 6 nitrogen and oxygen atoms in total. The number of likely N-dealkylation sites (tertiary alicyclic amines) is 1. The minimum absolute atomic E-state index is 0.0936. The Hall–Kier alpha value is -1.82. The van der Waals surface area contributed by atoms with Gasteiger partial charge < -0.3 is 21.1 Å². The lowest BCUT2D eigenvalue weighted by Gasteiger charge is -2.14. The highest BCUT2D eigenvalue weighted by Crippen LogP contribution is 2.21. The van der Waals surface area contributed by atoms with Gasteiger partial charge in [0.05, 0.1) is 11.3 Å². The first-order valence-corrected chi connectivity index (χ1v) is 5.98. The van der Waals surface area contributed by atoms with Crippen molar-refractivity contribution < 1.29 is 9.90 Å². The number of aromatic carboxylic acids is 1. The summed E-state index contributed by atoms with van der Waals surface area (Å²) in [7, 11) is 2.09. The Kier molecular flexibility index (Phi) is 3.66. The highest BCUT2D eigenvalue weighted by atomic mass is 16.4. The molecule has 1 aliphatic rings. The van der Waals surface area contributed by atoms with E-state index in [0.717, 1.165) is 26.1 Å². The van der Waals surface area contributed by atoms with E-state index in [4.69, 9.17) is 10.8 Å². The number of carbonyl (C=O) groups is 1. The van der Waals surface area contributed by atoms with Gasteiger partial charge in [-0.25, -0.2) is 9.78 Å². The average Bonchev–Trinajstić information content (AvgIpc) is 2.73. The Balaban J connectivity index is 2.01. The van der Waals surface area contributed by atoms with Crippen molar-refractivity contribution in [3.8, 4) is 0 Å². The molecule has 0 aliphatic carbocycles. The maximum absolute atomic E-state index is 10.9. The maximum Gasteiger partial charge on any atom is 0.337 e. The smallest absolute Gasteiger partial charge is 0.337 e. The van der Waals surface area contributed by atoms with Crippen molar-refractivity contribution in [1.29, 1.82) is 0 Å². The van der Waals surface area contributed by atoms with Gasteiger partial charge in [-0.05, 0) is 32.0 Å². The van der Waals surface area contributed by atoms with Crippen molar-refractivity contribution in [3.05, 3.63) is 17.8 Å². The largest absolute Gasteiger partial charge is 0.478 e. The monoisotopic (exact) mass is 250 g/mol. The molecule has 1 aromatic heterocycles. The van der Waals surface area contributed by atoms with Crippen molar-refractivity contribution in [2.45, 2.75) is 6.42 Å². The van der Waals surface area contributed by atoms with Crippen molar-refractivity contribution in [3.63, 3.8) is 0 Å². The molecule has 1 fully saturated rings. The fourth-order valence-electron chi connectivity index (χ4n) is 2.23. The molecule has 0 bridgehead atoms. The van der Waals surface area contributed by atoms with Gasteiger partial charge in [-0.2, -0.15) is 0 Å². The second-order valence-electron chi connectivity index (χ2n) is 4.72. The summed E-state index contributed by atoms with van der Waals surface area (Å²) in [6.07, 6.45) is 2.60.